The average Bonchev–Trinajstić information content (AvgIpc) is 3.18. The molecule has 9 heteroatoms. The lowest BCUT2D eigenvalue weighted by Crippen LogP contribution is -2.06. The molecule has 2 heterocycles. The van der Waals surface area contributed by atoms with E-state index < -0.39 is 11.7 Å². The quantitative estimate of drug-likeness (QED) is 0.279. The molecule has 2 aromatic carbocycles. The predicted molar refractivity (Wildman–Crippen MR) is 136 cm³/mol. The van der Waals surface area contributed by atoms with E-state index in [9.17, 15) is 13.2 Å². The van der Waals surface area contributed by atoms with Gasteiger partial charge in [0.15, 0.2) is 0 Å². The summed E-state index contributed by atoms with van der Waals surface area (Å²) in [5.41, 5.74) is 10.5. The van der Waals surface area contributed by atoms with Gasteiger partial charge in [-0.3, -0.25) is 0 Å². The van der Waals surface area contributed by atoms with E-state index in [0.717, 1.165) is 39.3 Å². The van der Waals surface area contributed by atoms with Crippen LogP contribution in [-0.2, 0) is 6.18 Å². The Morgan fingerprint density at radius 2 is 1.85 bits per heavy atom. The van der Waals surface area contributed by atoms with Crippen molar-refractivity contribution in [1.82, 2.24) is 9.97 Å². The molecule has 34 heavy (non-hydrogen) atoms. The Balaban J connectivity index is 0.000000243. The average molecular weight is 484 g/mol. The maximum Gasteiger partial charge on any atom is 0.416 e. The zero-order valence-electron chi connectivity index (χ0n) is 18.7. The van der Waals surface area contributed by atoms with Crippen molar-refractivity contribution in [3.8, 4) is 0 Å². The molecule has 0 aliphatic rings. The lowest BCUT2D eigenvalue weighted by atomic mass is 10.1. The van der Waals surface area contributed by atoms with E-state index in [1.165, 1.54) is 18.0 Å². The molecule has 0 aliphatic heterocycles. The number of halogens is 3. The molecule has 0 bridgehead atoms. The third-order valence-electron chi connectivity index (χ3n) is 4.89. The van der Waals surface area contributed by atoms with Crippen molar-refractivity contribution in [3.63, 3.8) is 0 Å². The van der Waals surface area contributed by atoms with Gasteiger partial charge in [-0.25, -0.2) is 9.97 Å². The van der Waals surface area contributed by atoms with Crippen LogP contribution in [0.5, 0.6) is 0 Å². The van der Waals surface area contributed by atoms with Crippen molar-refractivity contribution in [2.45, 2.75) is 20.0 Å². The molecule has 176 valence electrons. The number of nitrogens with two attached hydrogens (primary N) is 1. The minimum Gasteiger partial charge on any atom is -0.382 e. The van der Waals surface area contributed by atoms with Gasteiger partial charge >= 0.3 is 6.18 Å². The lowest BCUT2D eigenvalue weighted by molar-refractivity contribution is -0.137. The van der Waals surface area contributed by atoms with Crippen molar-refractivity contribution >= 4 is 44.4 Å². The van der Waals surface area contributed by atoms with Crippen LogP contribution in [0.4, 0.5) is 30.4 Å². The summed E-state index contributed by atoms with van der Waals surface area (Å²) in [5, 5.41) is 8.07. The molecule has 0 amide bonds. The number of nitrogens with zero attached hydrogens (tertiary/aromatic N) is 2. The zero-order valence-corrected chi connectivity index (χ0v) is 19.5. The maximum absolute atomic E-state index is 12.8. The Labute approximate surface area is 199 Å². The summed E-state index contributed by atoms with van der Waals surface area (Å²) in [6, 6.07) is 10.6. The largest absolute Gasteiger partial charge is 0.416 e. The van der Waals surface area contributed by atoms with Crippen LogP contribution in [0.2, 0.25) is 0 Å². The highest BCUT2D eigenvalue weighted by atomic mass is 32.1. The van der Waals surface area contributed by atoms with E-state index in [0.29, 0.717) is 17.1 Å². The van der Waals surface area contributed by atoms with Crippen molar-refractivity contribution in [3.05, 3.63) is 95.8 Å². The first kappa shape index (κ1) is 24.8. The standard InChI is InChI=1S/C18H17F3N2.C7H7N3S/c1-4-22-17-11-16(9-8-12(17)2)23-13(3)14-6-5-7-15(10-14)18(19,20)21;1-4-2-11-6-5(4)9-3-10-7(6)8/h4-11,22-23H,1,3H2,2H3;2-3H,1H3,(H2,8,9,10). The third kappa shape index (κ3) is 5.93. The molecule has 0 unspecified atom stereocenters. The Morgan fingerprint density at radius 1 is 1.09 bits per heavy atom. The van der Waals surface area contributed by atoms with Gasteiger partial charge in [0.25, 0.3) is 0 Å². The van der Waals surface area contributed by atoms with Crippen molar-refractivity contribution in [1.29, 1.82) is 0 Å². The molecular formula is C25H24F3N5S. The van der Waals surface area contributed by atoms with Crippen LogP contribution in [0.3, 0.4) is 0 Å². The number of hydrogen-bond donors (Lipinski definition) is 3. The predicted octanol–water partition coefficient (Wildman–Crippen LogP) is 7.23. The van der Waals surface area contributed by atoms with Gasteiger partial charge in [0.1, 0.15) is 12.1 Å². The summed E-state index contributed by atoms with van der Waals surface area (Å²) >= 11 is 1.59. The first-order valence-corrected chi connectivity index (χ1v) is 11.0. The highest BCUT2D eigenvalue weighted by Crippen LogP contribution is 2.31. The normalized spacial score (nSPS) is 10.9. The molecule has 0 aliphatic carbocycles. The SMILES string of the molecule is C=CNc1cc(NC(=C)c2cccc(C(F)(F)F)c2)ccc1C.Cc1csc2c(N)ncnc12. The minimum atomic E-state index is -4.37. The van der Waals surface area contributed by atoms with Crippen molar-refractivity contribution < 1.29 is 13.2 Å². The monoisotopic (exact) mass is 483 g/mol. The highest BCUT2D eigenvalue weighted by Gasteiger charge is 2.30. The topological polar surface area (TPSA) is 75.9 Å². The van der Waals surface area contributed by atoms with Crippen molar-refractivity contribution in [2.75, 3.05) is 16.4 Å². The number of rotatable bonds is 5. The molecule has 4 rings (SSSR count). The van der Waals surface area contributed by atoms with E-state index in [4.69, 9.17) is 5.73 Å². The second kappa shape index (κ2) is 10.4. The van der Waals surface area contributed by atoms with Gasteiger partial charge in [-0.2, -0.15) is 13.2 Å². The van der Waals surface area contributed by atoms with Gasteiger partial charge in [-0.15, -0.1) is 11.3 Å². The number of aromatic nitrogens is 2. The van der Waals surface area contributed by atoms with E-state index in [1.807, 2.05) is 37.4 Å². The van der Waals surface area contributed by atoms with Crippen LogP contribution < -0.4 is 16.4 Å². The van der Waals surface area contributed by atoms with E-state index in [1.54, 1.807) is 23.6 Å². The van der Waals surface area contributed by atoms with E-state index >= 15 is 0 Å². The molecule has 0 radical (unpaired) electrons. The number of fused-ring (bicyclic) bond motifs is 1. The number of anilines is 3. The number of thiophene rings is 1. The van der Waals surface area contributed by atoms with E-state index in [2.05, 4.69) is 33.8 Å². The van der Waals surface area contributed by atoms with Crippen LogP contribution in [-0.4, -0.2) is 9.97 Å². The number of benzene rings is 2. The number of nitrogens with one attached hydrogen (secondary N) is 2. The molecule has 0 saturated carbocycles. The minimum absolute atomic E-state index is 0.388. The van der Waals surface area contributed by atoms with Gasteiger partial charge < -0.3 is 16.4 Å². The highest BCUT2D eigenvalue weighted by molar-refractivity contribution is 7.17. The molecule has 2 aromatic heterocycles. The Morgan fingerprint density at radius 3 is 2.53 bits per heavy atom. The fraction of sp³-hybridized carbons (Fsp3) is 0.120. The van der Waals surface area contributed by atoms with Gasteiger partial charge in [0.05, 0.1) is 15.8 Å². The Hall–Kier alpha value is -3.85. The summed E-state index contributed by atoms with van der Waals surface area (Å²) in [6.45, 7) is 11.4. The number of aryl methyl sites for hydroxylation is 2. The molecule has 4 N–H and O–H groups in total. The van der Waals surface area contributed by atoms with Crippen LogP contribution in [0, 0.1) is 13.8 Å². The van der Waals surface area contributed by atoms with Gasteiger partial charge in [-0.1, -0.05) is 31.4 Å². The zero-order chi connectivity index (χ0) is 24.9. The van der Waals surface area contributed by atoms with Crippen LogP contribution in [0.1, 0.15) is 22.3 Å². The van der Waals surface area contributed by atoms with Crippen molar-refractivity contribution in [2.24, 2.45) is 0 Å². The summed E-state index contributed by atoms with van der Waals surface area (Å²) in [6.07, 6.45) is -1.31. The Bertz CT molecular complexity index is 1330. The number of nitrogen functional groups attached to an aromatic ring is 1. The smallest absolute Gasteiger partial charge is 0.382 e. The van der Waals surface area contributed by atoms with Gasteiger partial charge in [-0.05, 0) is 66.4 Å². The molecule has 4 aromatic rings. The molecule has 0 atom stereocenters. The molecule has 5 nitrogen and oxygen atoms in total. The number of hydrogen-bond acceptors (Lipinski definition) is 6. The fourth-order valence-corrected chi connectivity index (χ4v) is 3.99. The molecule has 0 saturated heterocycles. The summed E-state index contributed by atoms with van der Waals surface area (Å²) in [7, 11) is 0. The Kier molecular flexibility index (Phi) is 7.57. The first-order valence-electron chi connectivity index (χ1n) is 10.2. The summed E-state index contributed by atoms with van der Waals surface area (Å²) < 4.78 is 39.3. The molecular weight excluding hydrogens is 459 g/mol. The molecule has 0 spiro atoms. The van der Waals surface area contributed by atoms with Gasteiger partial charge in [0.2, 0.25) is 0 Å². The van der Waals surface area contributed by atoms with E-state index in [-0.39, 0.29) is 0 Å². The molecule has 0 fully saturated rings. The third-order valence-corrected chi connectivity index (χ3v) is 6.00. The lowest BCUT2D eigenvalue weighted by Gasteiger charge is -2.14. The van der Waals surface area contributed by atoms with Crippen LogP contribution in [0.25, 0.3) is 15.9 Å². The van der Waals surface area contributed by atoms with Crippen LogP contribution >= 0.6 is 11.3 Å². The first-order chi connectivity index (χ1) is 16.1. The second-order valence-electron chi connectivity index (χ2n) is 7.42. The fourth-order valence-electron chi connectivity index (χ4n) is 3.08. The van der Waals surface area contributed by atoms with Gasteiger partial charge in [0, 0.05) is 17.1 Å². The summed E-state index contributed by atoms with van der Waals surface area (Å²) in [4.78, 5) is 8.02. The van der Waals surface area contributed by atoms with Crippen LogP contribution in [0.15, 0.2) is 73.5 Å². The summed E-state index contributed by atoms with van der Waals surface area (Å²) in [5.74, 6) is 0.577. The number of alkyl halides is 3. The maximum atomic E-state index is 12.8. The second-order valence-corrected chi connectivity index (χ2v) is 8.30.